The Kier molecular flexibility index (Phi) is 7.01. The molecule has 0 atom stereocenters. The second kappa shape index (κ2) is 9.69. The number of fused-ring (bicyclic) bond motifs is 1. The Morgan fingerprint density at radius 2 is 1.84 bits per heavy atom. The lowest BCUT2D eigenvalue weighted by Crippen LogP contribution is -2.23. The van der Waals surface area contributed by atoms with Crippen LogP contribution in [0.1, 0.15) is 12.5 Å². The molecule has 3 aromatic rings. The summed E-state index contributed by atoms with van der Waals surface area (Å²) < 4.78 is 44.9. The lowest BCUT2D eigenvalue weighted by Gasteiger charge is -2.08. The molecular weight excluding hydrogens is 430 g/mol. The highest BCUT2D eigenvalue weighted by Gasteiger charge is 2.17. The molecule has 0 fully saturated rings. The number of thiazole rings is 1. The molecule has 1 amide bonds. The van der Waals surface area contributed by atoms with Crippen LogP contribution in [0.5, 0.6) is 11.5 Å². The molecule has 164 valence electrons. The van der Waals surface area contributed by atoms with E-state index in [1.54, 1.807) is 25.1 Å². The Hall–Kier alpha value is -3.27. The van der Waals surface area contributed by atoms with Gasteiger partial charge in [0.05, 0.1) is 37.5 Å². The first kappa shape index (κ1) is 22.4. The number of nitrogens with zero attached hydrogens (tertiary/aromatic N) is 2. The van der Waals surface area contributed by atoms with Crippen LogP contribution in [0.15, 0.2) is 35.3 Å². The Bertz CT molecular complexity index is 1200. The third kappa shape index (κ3) is 5.08. The molecule has 0 bridgehead atoms. The lowest BCUT2D eigenvalue weighted by molar-refractivity contribution is -0.143. The van der Waals surface area contributed by atoms with Crippen LogP contribution in [0.25, 0.3) is 10.2 Å². The fraction of sp³-hybridized carbons (Fsp3) is 0.286. The van der Waals surface area contributed by atoms with Crippen LogP contribution < -0.4 is 14.3 Å². The summed E-state index contributed by atoms with van der Waals surface area (Å²) in [6.45, 7) is 1.42. The van der Waals surface area contributed by atoms with Gasteiger partial charge >= 0.3 is 5.97 Å². The van der Waals surface area contributed by atoms with Crippen LogP contribution in [0.2, 0.25) is 0 Å². The number of methoxy groups -OCH3 is 2. The van der Waals surface area contributed by atoms with E-state index in [4.69, 9.17) is 14.2 Å². The van der Waals surface area contributed by atoms with E-state index < -0.39 is 23.5 Å². The maximum atomic E-state index is 14.4. The zero-order chi connectivity index (χ0) is 22.5. The minimum absolute atomic E-state index is 0.0166. The highest BCUT2D eigenvalue weighted by atomic mass is 32.1. The van der Waals surface area contributed by atoms with Gasteiger partial charge in [0.2, 0.25) is 0 Å². The van der Waals surface area contributed by atoms with Gasteiger partial charge in [0.15, 0.2) is 22.1 Å². The van der Waals surface area contributed by atoms with Gasteiger partial charge in [-0.2, -0.15) is 4.99 Å². The van der Waals surface area contributed by atoms with E-state index in [0.717, 1.165) is 17.4 Å². The number of halogens is 2. The van der Waals surface area contributed by atoms with Crippen molar-refractivity contribution in [3.8, 4) is 11.5 Å². The molecule has 0 aliphatic heterocycles. The SMILES string of the molecule is CCOC(=O)Cn1c(=NC(=O)Cc2ccc(OC)c(OC)c2)sc2cc(F)cc(F)c21. The number of amides is 1. The van der Waals surface area contributed by atoms with Gasteiger partial charge in [-0.3, -0.25) is 9.59 Å². The van der Waals surface area contributed by atoms with Crippen LogP contribution in [0.4, 0.5) is 8.78 Å². The number of ether oxygens (including phenoxy) is 3. The van der Waals surface area contributed by atoms with E-state index in [1.807, 2.05) is 0 Å². The normalized spacial score (nSPS) is 11.6. The van der Waals surface area contributed by atoms with Crippen LogP contribution in [0.3, 0.4) is 0 Å². The number of hydrogen-bond acceptors (Lipinski definition) is 6. The van der Waals surface area contributed by atoms with Gasteiger partial charge in [-0.15, -0.1) is 0 Å². The molecule has 10 heteroatoms. The minimum atomic E-state index is -0.857. The highest BCUT2D eigenvalue weighted by molar-refractivity contribution is 7.16. The van der Waals surface area contributed by atoms with Crippen LogP contribution in [0, 0.1) is 11.6 Å². The molecular formula is C21H20F2N2O5S. The van der Waals surface area contributed by atoms with E-state index >= 15 is 0 Å². The van der Waals surface area contributed by atoms with Gasteiger partial charge < -0.3 is 18.8 Å². The maximum absolute atomic E-state index is 14.4. The molecule has 0 N–H and O–H groups in total. The average Bonchev–Trinajstić information content (AvgIpc) is 3.04. The summed E-state index contributed by atoms with van der Waals surface area (Å²) >= 11 is 0.908. The summed E-state index contributed by atoms with van der Waals surface area (Å²) in [5, 5.41) is 0. The molecule has 0 aliphatic rings. The number of aromatic nitrogens is 1. The van der Waals surface area contributed by atoms with E-state index in [2.05, 4.69) is 4.99 Å². The molecule has 0 aliphatic carbocycles. The molecule has 7 nitrogen and oxygen atoms in total. The molecule has 0 saturated heterocycles. The zero-order valence-corrected chi connectivity index (χ0v) is 17.9. The van der Waals surface area contributed by atoms with Crippen molar-refractivity contribution in [2.24, 2.45) is 4.99 Å². The predicted octanol–water partition coefficient (Wildman–Crippen LogP) is 3.23. The molecule has 0 unspecified atom stereocenters. The van der Waals surface area contributed by atoms with Crippen molar-refractivity contribution in [3.05, 3.63) is 52.3 Å². The van der Waals surface area contributed by atoms with E-state index in [9.17, 15) is 18.4 Å². The van der Waals surface area contributed by atoms with Gasteiger partial charge in [0, 0.05) is 6.07 Å². The third-order valence-corrected chi connectivity index (χ3v) is 5.34. The number of esters is 1. The fourth-order valence-corrected chi connectivity index (χ4v) is 4.09. The van der Waals surface area contributed by atoms with Gasteiger partial charge in [-0.1, -0.05) is 17.4 Å². The van der Waals surface area contributed by atoms with Crippen molar-refractivity contribution >= 4 is 33.4 Å². The number of carbonyl (C=O) groups is 2. The Morgan fingerprint density at radius 1 is 1.10 bits per heavy atom. The standard InChI is InChI=1S/C21H20F2N2O5S/c1-4-30-19(27)11-25-20-14(23)9-13(22)10-17(20)31-21(25)24-18(26)8-12-5-6-15(28-2)16(7-12)29-3/h5-7,9-10H,4,8,11H2,1-3H3. The number of carbonyl (C=O) groups excluding carboxylic acids is 2. The summed E-state index contributed by atoms with van der Waals surface area (Å²) in [4.78, 5) is 28.7. The van der Waals surface area contributed by atoms with Crippen LogP contribution in [-0.2, 0) is 27.3 Å². The van der Waals surface area contributed by atoms with Gasteiger partial charge in [-0.05, 0) is 30.7 Å². The molecule has 1 heterocycles. The smallest absolute Gasteiger partial charge is 0.326 e. The molecule has 31 heavy (non-hydrogen) atoms. The van der Waals surface area contributed by atoms with Crippen molar-refractivity contribution < 1.29 is 32.6 Å². The number of benzene rings is 2. The largest absolute Gasteiger partial charge is 0.493 e. The van der Waals surface area contributed by atoms with E-state index in [0.29, 0.717) is 23.1 Å². The first-order chi connectivity index (χ1) is 14.9. The van der Waals surface area contributed by atoms with Crippen molar-refractivity contribution in [1.29, 1.82) is 0 Å². The summed E-state index contributed by atoms with van der Waals surface area (Å²) in [5.74, 6) is -1.80. The van der Waals surface area contributed by atoms with Crippen LogP contribution in [-0.4, -0.2) is 37.3 Å². The highest BCUT2D eigenvalue weighted by Crippen LogP contribution is 2.28. The van der Waals surface area contributed by atoms with Gasteiger partial charge in [0.1, 0.15) is 12.4 Å². The van der Waals surface area contributed by atoms with Gasteiger partial charge in [-0.25, -0.2) is 8.78 Å². The van der Waals surface area contributed by atoms with Crippen molar-refractivity contribution in [2.75, 3.05) is 20.8 Å². The quantitative estimate of drug-likeness (QED) is 0.517. The monoisotopic (exact) mass is 450 g/mol. The van der Waals surface area contributed by atoms with Crippen molar-refractivity contribution in [2.45, 2.75) is 19.9 Å². The molecule has 0 saturated carbocycles. The summed E-state index contributed by atoms with van der Waals surface area (Å²) in [6.07, 6.45) is -0.0646. The van der Waals surface area contributed by atoms with Gasteiger partial charge in [0.25, 0.3) is 5.91 Å². The first-order valence-electron chi connectivity index (χ1n) is 9.28. The topological polar surface area (TPSA) is 79.1 Å². The Morgan fingerprint density at radius 3 is 2.52 bits per heavy atom. The van der Waals surface area contributed by atoms with E-state index in [1.165, 1.54) is 18.8 Å². The molecule has 0 spiro atoms. The van der Waals surface area contributed by atoms with Crippen molar-refractivity contribution in [3.63, 3.8) is 0 Å². The number of rotatable bonds is 7. The number of hydrogen-bond donors (Lipinski definition) is 0. The summed E-state index contributed by atoms with van der Waals surface area (Å²) in [7, 11) is 2.99. The first-order valence-corrected chi connectivity index (χ1v) is 10.1. The molecule has 3 rings (SSSR count). The molecule has 2 aromatic carbocycles. The summed E-state index contributed by atoms with van der Waals surface area (Å²) in [6, 6.07) is 6.86. The van der Waals surface area contributed by atoms with Crippen molar-refractivity contribution in [1.82, 2.24) is 4.57 Å². The Balaban J connectivity index is 2.01. The third-order valence-electron chi connectivity index (χ3n) is 4.31. The summed E-state index contributed by atoms with van der Waals surface area (Å²) in [5.41, 5.74) is 0.610. The second-order valence-corrected chi connectivity index (χ2v) is 7.39. The van der Waals surface area contributed by atoms with Crippen LogP contribution >= 0.6 is 11.3 Å². The zero-order valence-electron chi connectivity index (χ0n) is 17.1. The van der Waals surface area contributed by atoms with E-state index in [-0.39, 0.29) is 34.6 Å². The maximum Gasteiger partial charge on any atom is 0.326 e. The second-order valence-electron chi connectivity index (χ2n) is 6.38. The average molecular weight is 450 g/mol. The lowest BCUT2D eigenvalue weighted by atomic mass is 10.1. The minimum Gasteiger partial charge on any atom is -0.493 e. The Labute approximate surface area is 180 Å². The predicted molar refractivity (Wildman–Crippen MR) is 110 cm³/mol. The fourth-order valence-electron chi connectivity index (χ4n) is 3.01. The molecule has 0 radical (unpaired) electrons. The molecule has 1 aromatic heterocycles.